The predicted molar refractivity (Wildman–Crippen MR) is 48.6 cm³/mol. The lowest BCUT2D eigenvalue weighted by molar-refractivity contribution is -0.136. The van der Waals surface area contributed by atoms with Gasteiger partial charge in [-0.3, -0.25) is 0 Å². The van der Waals surface area contributed by atoms with Crippen LogP contribution in [0, 0.1) is 11.6 Å². The summed E-state index contributed by atoms with van der Waals surface area (Å²) in [6.45, 7) is 0. The highest BCUT2D eigenvalue weighted by Crippen LogP contribution is 2.26. The van der Waals surface area contributed by atoms with E-state index in [0.29, 0.717) is 6.07 Å². The normalized spacial score (nSPS) is 13.9. The van der Waals surface area contributed by atoms with Crippen LogP contribution in [0.1, 0.15) is 24.4 Å². The van der Waals surface area contributed by atoms with Crippen LogP contribution < -0.4 is 5.73 Å². The van der Waals surface area contributed by atoms with Crippen molar-refractivity contribution in [3.05, 3.63) is 35.4 Å². The van der Waals surface area contributed by atoms with Gasteiger partial charge in [0.1, 0.15) is 11.6 Å². The van der Waals surface area contributed by atoms with Gasteiger partial charge in [0.15, 0.2) is 0 Å². The van der Waals surface area contributed by atoms with Crippen molar-refractivity contribution in [2.75, 3.05) is 0 Å². The van der Waals surface area contributed by atoms with Crippen molar-refractivity contribution >= 4 is 0 Å². The Bertz CT molecular complexity index is 340. The number of alkyl halides is 3. The number of hydrogen-bond acceptors (Lipinski definition) is 1. The van der Waals surface area contributed by atoms with Crippen molar-refractivity contribution in [3.8, 4) is 0 Å². The molecule has 0 bridgehead atoms. The van der Waals surface area contributed by atoms with Gasteiger partial charge in [-0.15, -0.1) is 0 Å². The van der Waals surface area contributed by atoms with E-state index in [1.807, 2.05) is 0 Å². The van der Waals surface area contributed by atoms with Crippen molar-refractivity contribution in [1.29, 1.82) is 0 Å². The van der Waals surface area contributed by atoms with E-state index in [9.17, 15) is 22.0 Å². The summed E-state index contributed by atoms with van der Waals surface area (Å²) in [5.41, 5.74) is 5.44. The summed E-state index contributed by atoms with van der Waals surface area (Å²) in [6.07, 6.45) is -5.79. The molecule has 0 aliphatic carbocycles. The monoisotopic (exact) mass is 239 g/mol. The molecule has 0 saturated heterocycles. The molecule has 6 heteroatoms. The van der Waals surface area contributed by atoms with Crippen LogP contribution in [0.3, 0.4) is 0 Å². The second-order valence-electron chi connectivity index (χ2n) is 3.46. The molecule has 1 aromatic rings. The second kappa shape index (κ2) is 4.78. The average Bonchev–Trinajstić information content (AvgIpc) is 2.11. The zero-order valence-corrected chi connectivity index (χ0v) is 8.19. The molecule has 0 aromatic heterocycles. The molecule has 1 nitrogen and oxygen atoms in total. The minimum atomic E-state index is -4.32. The standard InChI is InChI=1S/C10H10F5N/c11-7-3-6(4-8(12)5-7)9(16)1-2-10(13,14)15/h3-5,9H,1-2,16H2. The van der Waals surface area contributed by atoms with Gasteiger partial charge in [-0.1, -0.05) is 0 Å². The third kappa shape index (κ3) is 4.14. The summed E-state index contributed by atoms with van der Waals surface area (Å²) in [5, 5.41) is 0. The maximum absolute atomic E-state index is 12.7. The van der Waals surface area contributed by atoms with E-state index in [1.165, 1.54) is 0 Å². The first kappa shape index (κ1) is 12.9. The molecule has 1 aromatic carbocycles. The molecule has 0 radical (unpaired) electrons. The quantitative estimate of drug-likeness (QED) is 0.804. The van der Waals surface area contributed by atoms with E-state index >= 15 is 0 Å². The van der Waals surface area contributed by atoms with Gasteiger partial charge >= 0.3 is 6.18 Å². The van der Waals surface area contributed by atoms with E-state index < -0.39 is 36.7 Å². The Labute approximate surface area is 89.1 Å². The highest BCUT2D eigenvalue weighted by molar-refractivity contribution is 5.21. The SMILES string of the molecule is NC(CCC(F)(F)F)c1cc(F)cc(F)c1. The van der Waals surface area contributed by atoms with E-state index in [-0.39, 0.29) is 5.56 Å². The number of halogens is 5. The fraction of sp³-hybridized carbons (Fsp3) is 0.400. The van der Waals surface area contributed by atoms with Gasteiger partial charge in [-0.05, 0) is 24.1 Å². The Hall–Kier alpha value is -1.17. The van der Waals surface area contributed by atoms with Crippen molar-refractivity contribution in [2.24, 2.45) is 5.73 Å². The van der Waals surface area contributed by atoms with Gasteiger partial charge in [0.2, 0.25) is 0 Å². The van der Waals surface area contributed by atoms with Gasteiger partial charge in [-0.2, -0.15) is 13.2 Å². The maximum Gasteiger partial charge on any atom is 0.389 e. The Kier molecular flexibility index (Phi) is 3.85. The molecule has 0 aliphatic rings. The highest BCUT2D eigenvalue weighted by atomic mass is 19.4. The Morgan fingerprint density at radius 3 is 2.00 bits per heavy atom. The third-order valence-corrected chi connectivity index (χ3v) is 2.05. The molecule has 2 N–H and O–H groups in total. The molecule has 16 heavy (non-hydrogen) atoms. The molecule has 1 unspecified atom stereocenters. The third-order valence-electron chi connectivity index (χ3n) is 2.05. The molecule has 0 aliphatic heterocycles. The van der Waals surface area contributed by atoms with Gasteiger partial charge < -0.3 is 5.73 Å². The molecule has 0 spiro atoms. The van der Waals surface area contributed by atoms with E-state index in [4.69, 9.17) is 5.73 Å². The van der Waals surface area contributed by atoms with Crippen LogP contribution >= 0.6 is 0 Å². The predicted octanol–water partition coefficient (Wildman–Crippen LogP) is 3.31. The first-order chi connectivity index (χ1) is 7.28. The van der Waals surface area contributed by atoms with Gasteiger partial charge in [0, 0.05) is 18.5 Å². The largest absolute Gasteiger partial charge is 0.389 e. The first-order valence-corrected chi connectivity index (χ1v) is 4.56. The summed E-state index contributed by atoms with van der Waals surface area (Å²) in [4.78, 5) is 0. The van der Waals surface area contributed by atoms with Crippen molar-refractivity contribution < 1.29 is 22.0 Å². The summed E-state index contributed by atoms with van der Waals surface area (Å²) in [5.74, 6) is -1.70. The Morgan fingerprint density at radius 2 is 1.56 bits per heavy atom. The minimum Gasteiger partial charge on any atom is -0.324 e. The van der Waals surface area contributed by atoms with Gasteiger partial charge in [-0.25, -0.2) is 8.78 Å². The van der Waals surface area contributed by atoms with E-state index in [0.717, 1.165) is 12.1 Å². The molecular formula is C10H10F5N. The van der Waals surface area contributed by atoms with Crippen LogP contribution in [0.25, 0.3) is 0 Å². The lowest BCUT2D eigenvalue weighted by atomic mass is 10.0. The van der Waals surface area contributed by atoms with Crippen molar-refractivity contribution in [2.45, 2.75) is 25.1 Å². The molecule has 1 atom stereocenters. The number of rotatable bonds is 3. The molecule has 1 rings (SSSR count). The van der Waals surface area contributed by atoms with E-state index in [2.05, 4.69) is 0 Å². The van der Waals surface area contributed by atoms with Crippen molar-refractivity contribution in [1.82, 2.24) is 0 Å². The molecule has 0 heterocycles. The summed E-state index contributed by atoms with van der Waals surface area (Å²) < 4.78 is 61.1. The Balaban J connectivity index is 2.69. The zero-order valence-electron chi connectivity index (χ0n) is 8.19. The summed E-state index contributed by atoms with van der Waals surface area (Å²) >= 11 is 0. The van der Waals surface area contributed by atoms with E-state index in [1.54, 1.807) is 0 Å². The molecule has 0 amide bonds. The zero-order chi connectivity index (χ0) is 12.3. The topological polar surface area (TPSA) is 26.0 Å². The summed E-state index contributed by atoms with van der Waals surface area (Å²) in [7, 11) is 0. The van der Waals surface area contributed by atoms with Crippen LogP contribution in [0.2, 0.25) is 0 Å². The average molecular weight is 239 g/mol. The fourth-order valence-electron chi connectivity index (χ4n) is 1.28. The van der Waals surface area contributed by atoms with Crippen LogP contribution in [-0.2, 0) is 0 Å². The van der Waals surface area contributed by atoms with Crippen LogP contribution in [0.4, 0.5) is 22.0 Å². The lowest BCUT2D eigenvalue weighted by Crippen LogP contribution is -2.16. The molecule has 0 fully saturated rings. The number of nitrogens with two attached hydrogens (primary N) is 1. The van der Waals surface area contributed by atoms with Gasteiger partial charge in [0.05, 0.1) is 0 Å². The van der Waals surface area contributed by atoms with Crippen LogP contribution in [-0.4, -0.2) is 6.18 Å². The number of hydrogen-bond donors (Lipinski definition) is 1. The second-order valence-corrected chi connectivity index (χ2v) is 3.46. The minimum absolute atomic E-state index is 0.0294. The molecule has 0 saturated carbocycles. The lowest BCUT2D eigenvalue weighted by Gasteiger charge is -2.13. The maximum atomic E-state index is 12.7. The first-order valence-electron chi connectivity index (χ1n) is 4.56. The van der Waals surface area contributed by atoms with Crippen molar-refractivity contribution in [3.63, 3.8) is 0 Å². The summed E-state index contributed by atoms with van der Waals surface area (Å²) in [6, 6.07) is 1.49. The van der Waals surface area contributed by atoms with Gasteiger partial charge in [0.25, 0.3) is 0 Å². The van der Waals surface area contributed by atoms with Crippen LogP contribution in [0.5, 0.6) is 0 Å². The highest BCUT2D eigenvalue weighted by Gasteiger charge is 2.27. The Morgan fingerprint density at radius 1 is 1.06 bits per heavy atom. The van der Waals surface area contributed by atoms with Crippen LogP contribution in [0.15, 0.2) is 18.2 Å². The molecule has 90 valence electrons. The smallest absolute Gasteiger partial charge is 0.324 e. The number of benzene rings is 1. The fourth-order valence-corrected chi connectivity index (χ4v) is 1.28. The molecular weight excluding hydrogens is 229 g/mol.